The predicted molar refractivity (Wildman–Crippen MR) is 52.4 cm³/mol. The molecule has 0 saturated carbocycles. The Hall–Kier alpha value is -1.58. The Bertz CT molecular complexity index is 363. The first-order valence-corrected chi connectivity index (χ1v) is 4.62. The van der Waals surface area contributed by atoms with Gasteiger partial charge in [0.2, 0.25) is 0 Å². The molecule has 0 aromatic carbocycles. The molecule has 0 saturated heterocycles. The molecule has 4 nitrogen and oxygen atoms in total. The van der Waals surface area contributed by atoms with Gasteiger partial charge in [-0.25, -0.2) is 4.79 Å². The van der Waals surface area contributed by atoms with Crippen molar-refractivity contribution in [3.05, 3.63) is 23.5 Å². The van der Waals surface area contributed by atoms with Crippen LogP contribution >= 0.6 is 0 Å². The topological polar surface area (TPSA) is 51.2 Å². The van der Waals surface area contributed by atoms with E-state index in [1.165, 1.54) is 7.11 Å². The van der Waals surface area contributed by atoms with Crippen LogP contribution in [0.15, 0.2) is 12.4 Å². The molecular weight excluding hydrogens is 180 g/mol. The van der Waals surface area contributed by atoms with E-state index >= 15 is 0 Å². The molecule has 1 aromatic heterocycles. The van der Waals surface area contributed by atoms with Crippen LogP contribution in [0.2, 0.25) is 0 Å². The van der Waals surface area contributed by atoms with Gasteiger partial charge >= 0.3 is 5.97 Å². The van der Waals surface area contributed by atoms with Gasteiger partial charge in [0.25, 0.3) is 0 Å². The van der Waals surface area contributed by atoms with Gasteiger partial charge in [-0.05, 0) is 18.4 Å². The molecular formula is C10H12N2O2. The molecule has 2 heterocycles. The summed E-state index contributed by atoms with van der Waals surface area (Å²) in [7, 11) is 1.39. The number of hydrogen-bond acceptors (Lipinski definition) is 4. The highest BCUT2D eigenvalue weighted by Crippen LogP contribution is 2.24. The third-order valence-corrected chi connectivity index (χ3v) is 2.38. The molecule has 0 amide bonds. The SMILES string of the molecule is COC(=O)c1cncc2c1CCCN2. The van der Waals surface area contributed by atoms with E-state index in [0.717, 1.165) is 30.6 Å². The lowest BCUT2D eigenvalue weighted by Gasteiger charge is -2.19. The standard InChI is InChI=1S/C10H12N2O2/c1-14-10(13)8-5-11-6-9-7(8)3-2-4-12-9/h5-6,12H,2-4H2,1H3. The number of pyridine rings is 1. The first-order valence-electron chi connectivity index (χ1n) is 4.62. The number of rotatable bonds is 1. The lowest BCUT2D eigenvalue weighted by molar-refractivity contribution is 0.0599. The fourth-order valence-corrected chi connectivity index (χ4v) is 1.68. The summed E-state index contributed by atoms with van der Waals surface area (Å²) in [6.07, 6.45) is 5.27. The molecule has 1 aromatic rings. The van der Waals surface area contributed by atoms with Crippen LogP contribution in [-0.2, 0) is 11.2 Å². The highest BCUT2D eigenvalue weighted by Gasteiger charge is 2.17. The molecule has 0 fully saturated rings. The summed E-state index contributed by atoms with van der Waals surface area (Å²) in [6, 6.07) is 0. The summed E-state index contributed by atoms with van der Waals surface area (Å²) in [5.74, 6) is -0.307. The van der Waals surface area contributed by atoms with E-state index < -0.39 is 0 Å². The predicted octanol–water partition coefficient (Wildman–Crippen LogP) is 1.23. The minimum Gasteiger partial charge on any atom is -0.465 e. The van der Waals surface area contributed by atoms with Crippen LogP contribution in [0.25, 0.3) is 0 Å². The maximum Gasteiger partial charge on any atom is 0.339 e. The van der Waals surface area contributed by atoms with Crippen LogP contribution in [0.1, 0.15) is 22.3 Å². The number of nitrogens with zero attached hydrogens (tertiary/aromatic N) is 1. The van der Waals surface area contributed by atoms with E-state index in [4.69, 9.17) is 4.74 Å². The second-order valence-corrected chi connectivity index (χ2v) is 3.24. The van der Waals surface area contributed by atoms with Gasteiger partial charge in [-0.1, -0.05) is 0 Å². The molecule has 1 aliphatic heterocycles. The number of carbonyl (C=O) groups excluding carboxylic acids is 1. The van der Waals surface area contributed by atoms with Crippen LogP contribution in [0.4, 0.5) is 5.69 Å². The summed E-state index contributed by atoms with van der Waals surface area (Å²) < 4.78 is 4.70. The smallest absolute Gasteiger partial charge is 0.339 e. The van der Waals surface area contributed by atoms with Gasteiger partial charge in [-0.15, -0.1) is 0 Å². The van der Waals surface area contributed by atoms with Crippen molar-refractivity contribution in [1.29, 1.82) is 0 Å². The quantitative estimate of drug-likeness (QED) is 0.680. The number of nitrogens with one attached hydrogen (secondary N) is 1. The summed E-state index contributed by atoms with van der Waals surface area (Å²) in [4.78, 5) is 15.4. The highest BCUT2D eigenvalue weighted by atomic mass is 16.5. The lowest BCUT2D eigenvalue weighted by atomic mass is 10.0. The first kappa shape index (κ1) is 8.99. The Morgan fingerprint density at radius 1 is 1.57 bits per heavy atom. The number of carbonyl (C=O) groups is 1. The monoisotopic (exact) mass is 192 g/mol. The summed E-state index contributed by atoms with van der Waals surface area (Å²) in [5, 5.41) is 3.21. The van der Waals surface area contributed by atoms with E-state index in [-0.39, 0.29) is 5.97 Å². The molecule has 0 unspecified atom stereocenters. The van der Waals surface area contributed by atoms with Crippen molar-refractivity contribution in [3.8, 4) is 0 Å². The molecule has 14 heavy (non-hydrogen) atoms. The molecule has 0 spiro atoms. The van der Waals surface area contributed by atoms with Crippen molar-refractivity contribution >= 4 is 11.7 Å². The number of methoxy groups -OCH3 is 1. The van der Waals surface area contributed by atoms with E-state index in [1.807, 2.05) is 0 Å². The zero-order valence-corrected chi connectivity index (χ0v) is 8.04. The molecule has 1 aliphatic rings. The maximum atomic E-state index is 11.4. The Balaban J connectivity index is 2.45. The second-order valence-electron chi connectivity index (χ2n) is 3.24. The van der Waals surface area contributed by atoms with E-state index in [2.05, 4.69) is 10.3 Å². The zero-order valence-electron chi connectivity index (χ0n) is 8.04. The lowest BCUT2D eigenvalue weighted by Crippen LogP contribution is -2.16. The summed E-state index contributed by atoms with van der Waals surface area (Å²) in [5.41, 5.74) is 2.56. The molecule has 0 atom stereocenters. The van der Waals surface area contributed by atoms with Crippen molar-refractivity contribution in [1.82, 2.24) is 4.98 Å². The van der Waals surface area contributed by atoms with Gasteiger partial charge in [0, 0.05) is 12.7 Å². The van der Waals surface area contributed by atoms with Crippen molar-refractivity contribution in [3.63, 3.8) is 0 Å². The third-order valence-electron chi connectivity index (χ3n) is 2.38. The van der Waals surface area contributed by atoms with Gasteiger partial charge in [0.05, 0.1) is 24.6 Å². The minimum absolute atomic E-state index is 0.307. The average Bonchev–Trinajstić information content (AvgIpc) is 2.27. The first-order chi connectivity index (χ1) is 6.83. The van der Waals surface area contributed by atoms with Crippen LogP contribution < -0.4 is 5.32 Å². The van der Waals surface area contributed by atoms with Crippen LogP contribution in [0.5, 0.6) is 0 Å². The molecule has 0 bridgehead atoms. The molecule has 74 valence electrons. The van der Waals surface area contributed by atoms with Crippen LogP contribution in [-0.4, -0.2) is 24.6 Å². The maximum absolute atomic E-state index is 11.4. The zero-order chi connectivity index (χ0) is 9.97. The summed E-state index contributed by atoms with van der Waals surface area (Å²) >= 11 is 0. The van der Waals surface area contributed by atoms with Crippen LogP contribution in [0, 0.1) is 0 Å². The van der Waals surface area contributed by atoms with Gasteiger partial charge in [0.15, 0.2) is 0 Å². The molecule has 0 radical (unpaired) electrons. The number of esters is 1. The van der Waals surface area contributed by atoms with Crippen molar-refractivity contribution < 1.29 is 9.53 Å². The van der Waals surface area contributed by atoms with Gasteiger partial charge < -0.3 is 10.1 Å². The largest absolute Gasteiger partial charge is 0.465 e. The fourth-order valence-electron chi connectivity index (χ4n) is 1.68. The minimum atomic E-state index is -0.307. The van der Waals surface area contributed by atoms with Crippen molar-refractivity contribution in [2.45, 2.75) is 12.8 Å². The van der Waals surface area contributed by atoms with Crippen LogP contribution in [0.3, 0.4) is 0 Å². The molecule has 1 N–H and O–H groups in total. The van der Waals surface area contributed by atoms with Gasteiger partial charge in [0.1, 0.15) is 0 Å². The second kappa shape index (κ2) is 3.65. The van der Waals surface area contributed by atoms with Crippen molar-refractivity contribution in [2.75, 3.05) is 19.0 Å². The van der Waals surface area contributed by atoms with E-state index in [0.29, 0.717) is 5.56 Å². The Morgan fingerprint density at radius 2 is 2.43 bits per heavy atom. The number of ether oxygens (including phenoxy) is 1. The molecule has 2 rings (SSSR count). The third kappa shape index (κ3) is 1.43. The number of fused-ring (bicyclic) bond motifs is 1. The number of hydrogen-bond donors (Lipinski definition) is 1. The molecule has 4 heteroatoms. The molecule has 0 aliphatic carbocycles. The number of aromatic nitrogens is 1. The van der Waals surface area contributed by atoms with E-state index in [9.17, 15) is 4.79 Å². The number of anilines is 1. The normalized spacial score (nSPS) is 14.1. The Kier molecular flexibility index (Phi) is 2.35. The fraction of sp³-hybridized carbons (Fsp3) is 0.400. The Morgan fingerprint density at radius 3 is 3.21 bits per heavy atom. The van der Waals surface area contributed by atoms with Gasteiger partial charge in [-0.2, -0.15) is 0 Å². The van der Waals surface area contributed by atoms with Gasteiger partial charge in [-0.3, -0.25) is 4.98 Å². The average molecular weight is 192 g/mol. The highest BCUT2D eigenvalue weighted by molar-refractivity contribution is 5.92. The van der Waals surface area contributed by atoms with E-state index in [1.54, 1.807) is 12.4 Å². The van der Waals surface area contributed by atoms with Crippen molar-refractivity contribution in [2.24, 2.45) is 0 Å². The summed E-state index contributed by atoms with van der Waals surface area (Å²) in [6.45, 7) is 0.944. The Labute approximate surface area is 82.3 Å².